The molecule has 4 heterocycles. The van der Waals surface area contributed by atoms with E-state index in [4.69, 9.17) is 16.0 Å². The van der Waals surface area contributed by atoms with Gasteiger partial charge in [-0.1, -0.05) is 254 Å². The van der Waals surface area contributed by atoms with Crippen molar-refractivity contribution in [2.45, 2.75) is 0 Å². The number of hydrogen-bond acceptors (Lipinski definition) is 3. The molecule has 0 saturated carbocycles. The maximum atomic E-state index is 9.04. The van der Waals surface area contributed by atoms with Crippen molar-refractivity contribution in [2.24, 2.45) is 0 Å². The van der Waals surface area contributed by atoms with E-state index in [1.54, 1.807) is 0 Å². The van der Waals surface area contributed by atoms with E-state index in [2.05, 4.69) is 400 Å². The average molecular weight is 1340 g/mol. The van der Waals surface area contributed by atoms with Crippen LogP contribution in [0.5, 0.6) is 0 Å². The van der Waals surface area contributed by atoms with Crippen molar-refractivity contribution in [1.82, 2.24) is 13.7 Å². The fourth-order valence-corrected chi connectivity index (χ4v) is 16.4. The van der Waals surface area contributed by atoms with Crippen LogP contribution < -0.4 is 9.80 Å². The molecule has 0 saturated heterocycles. The van der Waals surface area contributed by atoms with Gasteiger partial charge in [0.25, 0.3) is 0 Å². The summed E-state index contributed by atoms with van der Waals surface area (Å²) in [4.78, 5) is 4.87. The molecule has 103 heavy (non-hydrogen) atoms. The summed E-state index contributed by atoms with van der Waals surface area (Å²) in [6, 6.07) is 136. The highest BCUT2D eigenvalue weighted by molar-refractivity contribution is 6.37. The first-order valence-corrected chi connectivity index (χ1v) is 35.4. The predicted octanol–water partition coefficient (Wildman–Crippen LogP) is 27.1. The van der Waals surface area contributed by atoms with Gasteiger partial charge in [-0.2, -0.15) is 0 Å². The normalized spacial score (nSPS) is 11.7. The molecule has 0 spiro atoms. The molecule has 6 nitrogen and oxygen atoms in total. The lowest BCUT2D eigenvalue weighted by Gasteiger charge is -2.33. The van der Waals surface area contributed by atoms with Crippen molar-refractivity contribution in [2.75, 3.05) is 9.80 Å². The Kier molecular flexibility index (Phi) is 14.2. The van der Waals surface area contributed by atoms with Crippen molar-refractivity contribution >= 4 is 133 Å². The van der Waals surface area contributed by atoms with Gasteiger partial charge in [-0.25, -0.2) is 0 Å². The molecule has 20 rings (SSSR count). The average Bonchev–Trinajstić information content (AvgIpc) is 1.64. The number of fused-ring (bicyclic) bond motifs is 13. The lowest BCUT2D eigenvalue weighted by atomic mass is 10.0. The Labute approximate surface area is 599 Å². The Hall–Kier alpha value is -13.4. The number of hydrogen-bond donors (Lipinski definition) is 0. The second-order valence-corrected chi connectivity index (χ2v) is 26.8. The highest BCUT2D eigenvalue weighted by Crippen LogP contribution is 2.55. The van der Waals surface area contributed by atoms with Gasteiger partial charge in [-0.3, -0.25) is 0 Å². The van der Waals surface area contributed by atoms with E-state index in [0.29, 0.717) is 5.02 Å². The summed E-state index contributed by atoms with van der Waals surface area (Å²) in [5.41, 5.74) is 25.0. The van der Waals surface area contributed by atoms with E-state index in [1.165, 1.54) is 0 Å². The summed E-state index contributed by atoms with van der Waals surface area (Å²) in [6.45, 7) is 0. The second kappa shape index (κ2) is 24.5. The quantitative estimate of drug-likeness (QED) is 0.115. The van der Waals surface area contributed by atoms with Crippen LogP contribution >= 0.6 is 11.6 Å². The molecule has 0 aliphatic heterocycles. The van der Waals surface area contributed by atoms with Gasteiger partial charge in [0, 0.05) is 60.5 Å². The molecule has 0 amide bonds. The van der Waals surface area contributed by atoms with Crippen molar-refractivity contribution < 1.29 is 4.42 Å². The summed E-state index contributed by atoms with van der Waals surface area (Å²) >= 11 is 9.04. The summed E-state index contributed by atoms with van der Waals surface area (Å²) in [5, 5.41) is 9.10. The van der Waals surface area contributed by atoms with Gasteiger partial charge in [0.1, 0.15) is 11.2 Å². The Morgan fingerprint density at radius 1 is 0.223 bits per heavy atom. The van der Waals surface area contributed by atoms with E-state index in [1.807, 2.05) is 0 Å². The molecule has 0 fully saturated rings. The summed E-state index contributed by atoms with van der Waals surface area (Å²) in [5.74, 6) is 0. The number of rotatable bonds is 13. The standard InChI is InChI=1S/C96H62ClN5O/c97-95-89(100(73-41-23-35-67(57-73)63-27-7-1-8-28-63)86-48-25-46-84-92(86)79-59-69(65-31-11-3-12-32-65)51-54-82(79)98(84)71-37-15-5-16-38-71)61-75(102-81-45-21-19-44-78(81)94-88(102)56-53-77-76-43-20-22-50-91(76)103-96(77)94)62-90(95)101(74-42-24-36-68(58-74)64-29-9-2-10-30-64)87-49-26-47-85-93(87)80-60-70(66-33-13-4-14-34-66)52-55-83(80)99(85)72-39-17-6-18-40-72/h1-62H. The van der Waals surface area contributed by atoms with E-state index in [0.717, 1.165) is 183 Å². The molecule has 4 aromatic heterocycles. The SMILES string of the molecule is Clc1c(N(c2cccc(-c3ccccc3)c2)c2cccc3c2c2cc(-c4ccccc4)ccc2n3-c2ccccc2)cc(-n2c3ccccc3c3c4oc5ccccc5c4ccc32)cc1N(c1cccc(-c2ccccc2)c1)c1cccc2c1c1cc(-c3ccccc3)ccc1n2-c1ccccc1. The van der Waals surface area contributed by atoms with Crippen LogP contribution in [0.4, 0.5) is 34.1 Å². The molecular formula is C96H62ClN5O. The van der Waals surface area contributed by atoms with Gasteiger partial charge in [-0.05, 0) is 178 Å². The Morgan fingerprint density at radius 3 is 1.07 bits per heavy atom. The molecular weight excluding hydrogens is 1270 g/mol. The molecule has 484 valence electrons. The zero-order valence-electron chi connectivity index (χ0n) is 55.8. The van der Waals surface area contributed by atoms with Crippen LogP contribution in [0.25, 0.3) is 149 Å². The first-order chi connectivity index (χ1) is 51.0. The lowest BCUT2D eigenvalue weighted by molar-refractivity contribution is 0.673. The number of anilines is 6. The highest BCUT2D eigenvalue weighted by atomic mass is 35.5. The molecule has 0 atom stereocenters. The number of furan rings is 1. The summed E-state index contributed by atoms with van der Waals surface area (Å²) < 4.78 is 14.3. The minimum Gasteiger partial charge on any atom is -0.455 e. The van der Waals surface area contributed by atoms with Crippen molar-refractivity contribution in [3.05, 3.63) is 381 Å². The number of para-hydroxylation sites is 4. The molecule has 16 aromatic carbocycles. The predicted molar refractivity (Wildman–Crippen MR) is 433 cm³/mol. The van der Waals surface area contributed by atoms with Gasteiger partial charge in [0.05, 0.1) is 71.9 Å². The van der Waals surface area contributed by atoms with E-state index in [-0.39, 0.29) is 0 Å². The van der Waals surface area contributed by atoms with E-state index in [9.17, 15) is 0 Å². The van der Waals surface area contributed by atoms with Crippen LogP contribution in [-0.4, -0.2) is 13.7 Å². The van der Waals surface area contributed by atoms with Crippen molar-refractivity contribution in [3.63, 3.8) is 0 Å². The molecule has 0 bridgehead atoms. The molecule has 0 aliphatic rings. The topological polar surface area (TPSA) is 34.4 Å². The molecule has 0 aliphatic carbocycles. The largest absolute Gasteiger partial charge is 0.455 e. The van der Waals surface area contributed by atoms with Gasteiger partial charge >= 0.3 is 0 Å². The third kappa shape index (κ3) is 9.86. The number of halogens is 1. The van der Waals surface area contributed by atoms with E-state index >= 15 is 0 Å². The van der Waals surface area contributed by atoms with Crippen LogP contribution in [0.2, 0.25) is 5.02 Å². The Morgan fingerprint density at radius 2 is 0.583 bits per heavy atom. The van der Waals surface area contributed by atoms with Crippen LogP contribution in [0.3, 0.4) is 0 Å². The number of benzene rings is 16. The minimum atomic E-state index is 0.530. The zero-order valence-corrected chi connectivity index (χ0v) is 56.6. The molecule has 0 radical (unpaired) electrons. The van der Waals surface area contributed by atoms with E-state index < -0.39 is 0 Å². The first-order valence-electron chi connectivity index (χ1n) is 35.0. The van der Waals surface area contributed by atoms with Gasteiger partial charge in [0.15, 0.2) is 0 Å². The van der Waals surface area contributed by atoms with Crippen molar-refractivity contribution in [3.8, 4) is 61.6 Å². The highest BCUT2D eigenvalue weighted by Gasteiger charge is 2.31. The Balaban J connectivity index is 0.955. The van der Waals surface area contributed by atoms with Gasteiger partial charge in [0.2, 0.25) is 0 Å². The van der Waals surface area contributed by atoms with Crippen LogP contribution in [-0.2, 0) is 0 Å². The summed E-state index contributed by atoms with van der Waals surface area (Å²) in [6.07, 6.45) is 0. The molecule has 20 aromatic rings. The van der Waals surface area contributed by atoms with Crippen LogP contribution in [0, 0.1) is 0 Å². The fraction of sp³-hybridized carbons (Fsp3) is 0. The van der Waals surface area contributed by atoms with Crippen molar-refractivity contribution in [1.29, 1.82) is 0 Å². The van der Waals surface area contributed by atoms with Crippen LogP contribution in [0.15, 0.2) is 381 Å². The smallest absolute Gasteiger partial charge is 0.145 e. The maximum Gasteiger partial charge on any atom is 0.145 e. The van der Waals surface area contributed by atoms with Gasteiger partial charge < -0.3 is 27.9 Å². The number of nitrogens with zero attached hydrogens (tertiary/aromatic N) is 5. The third-order valence-electron chi connectivity index (χ3n) is 20.6. The lowest BCUT2D eigenvalue weighted by Crippen LogP contribution is -2.16. The monoisotopic (exact) mass is 1340 g/mol. The fourth-order valence-electron chi connectivity index (χ4n) is 16.1. The number of aromatic nitrogens is 3. The van der Waals surface area contributed by atoms with Crippen LogP contribution in [0.1, 0.15) is 0 Å². The minimum absolute atomic E-state index is 0.530. The summed E-state index contributed by atoms with van der Waals surface area (Å²) in [7, 11) is 0. The zero-order chi connectivity index (χ0) is 68.1. The molecule has 0 N–H and O–H groups in total. The van der Waals surface area contributed by atoms with Gasteiger partial charge in [-0.15, -0.1) is 0 Å². The molecule has 0 unspecified atom stereocenters. The Bertz CT molecular complexity index is 6370. The molecule has 7 heteroatoms. The maximum absolute atomic E-state index is 9.04. The first kappa shape index (κ1) is 59.6. The second-order valence-electron chi connectivity index (χ2n) is 26.5. The third-order valence-corrected chi connectivity index (χ3v) is 21.0.